The summed E-state index contributed by atoms with van der Waals surface area (Å²) < 4.78 is 12.1. The van der Waals surface area contributed by atoms with E-state index in [1.54, 1.807) is 31.5 Å². The molecular formula is C27H28N4O5S. The maximum Gasteiger partial charge on any atom is 0.348 e. The number of fused-ring (bicyclic) bond motifs is 1. The highest BCUT2D eigenvalue weighted by atomic mass is 32.1. The Morgan fingerprint density at radius 3 is 2.35 bits per heavy atom. The Kier molecular flexibility index (Phi) is 7.40. The van der Waals surface area contributed by atoms with Crippen LogP contribution < -0.4 is 5.32 Å². The number of nitrogens with zero attached hydrogens (tertiary/aromatic N) is 3. The molecule has 0 saturated heterocycles. The van der Waals surface area contributed by atoms with Crippen LogP contribution in [-0.4, -0.2) is 45.8 Å². The predicted octanol–water partition coefficient (Wildman–Crippen LogP) is 5.23. The monoisotopic (exact) mass is 520 g/mol. The van der Waals surface area contributed by atoms with Crippen molar-refractivity contribution in [1.29, 1.82) is 0 Å². The number of hydrogen-bond donors (Lipinski definition) is 1. The first-order valence-corrected chi connectivity index (χ1v) is 12.7. The van der Waals surface area contributed by atoms with Crippen molar-refractivity contribution in [1.82, 2.24) is 14.8 Å². The molecule has 37 heavy (non-hydrogen) atoms. The number of aromatic nitrogens is 3. The Balaban J connectivity index is 1.83. The molecule has 4 aromatic rings. The van der Waals surface area contributed by atoms with E-state index in [0.29, 0.717) is 27.7 Å². The number of hydrogen-bond acceptors (Lipinski definition) is 8. The number of para-hydroxylation sites is 1. The Bertz CT molecular complexity index is 1540. The van der Waals surface area contributed by atoms with E-state index in [-0.39, 0.29) is 28.7 Å². The number of amides is 1. The quantitative estimate of drug-likeness (QED) is 0.332. The Morgan fingerprint density at radius 2 is 1.70 bits per heavy atom. The second-order valence-corrected chi connectivity index (χ2v) is 9.42. The molecule has 0 atom stereocenters. The summed E-state index contributed by atoms with van der Waals surface area (Å²) in [4.78, 5) is 44.1. The number of carbonyl (C=O) groups excluding carboxylic acids is 3. The molecular weight excluding hydrogens is 492 g/mol. The molecule has 4 rings (SSSR count). The van der Waals surface area contributed by atoms with Crippen LogP contribution in [0.2, 0.25) is 0 Å². The third-order valence-electron chi connectivity index (χ3n) is 6.04. The van der Waals surface area contributed by atoms with Crippen molar-refractivity contribution in [2.75, 3.05) is 18.5 Å². The fourth-order valence-electron chi connectivity index (χ4n) is 4.25. The van der Waals surface area contributed by atoms with E-state index in [0.717, 1.165) is 28.3 Å². The molecule has 9 nitrogen and oxygen atoms in total. The Morgan fingerprint density at radius 1 is 1.03 bits per heavy atom. The molecule has 0 unspecified atom stereocenters. The van der Waals surface area contributed by atoms with Crippen molar-refractivity contribution in [2.24, 2.45) is 7.05 Å². The second kappa shape index (κ2) is 10.5. The van der Waals surface area contributed by atoms with E-state index in [9.17, 15) is 14.4 Å². The maximum absolute atomic E-state index is 13.7. The van der Waals surface area contributed by atoms with Gasteiger partial charge in [-0.3, -0.25) is 9.48 Å². The lowest BCUT2D eigenvalue weighted by Crippen LogP contribution is -2.16. The molecule has 0 bridgehead atoms. The van der Waals surface area contributed by atoms with Gasteiger partial charge in [0.15, 0.2) is 0 Å². The van der Waals surface area contributed by atoms with Crippen LogP contribution in [0.1, 0.15) is 61.2 Å². The third-order valence-corrected chi connectivity index (χ3v) is 7.23. The van der Waals surface area contributed by atoms with Gasteiger partial charge in [0.2, 0.25) is 0 Å². The maximum atomic E-state index is 13.7. The third kappa shape index (κ3) is 4.84. The van der Waals surface area contributed by atoms with E-state index in [1.165, 1.54) is 0 Å². The minimum absolute atomic E-state index is 0.140. The van der Waals surface area contributed by atoms with Gasteiger partial charge in [0.25, 0.3) is 5.91 Å². The molecule has 10 heteroatoms. The molecule has 1 aromatic carbocycles. The van der Waals surface area contributed by atoms with Gasteiger partial charge < -0.3 is 14.8 Å². The number of rotatable bonds is 7. The first-order valence-electron chi connectivity index (χ1n) is 11.9. The average molecular weight is 521 g/mol. The lowest BCUT2D eigenvalue weighted by Gasteiger charge is -2.11. The summed E-state index contributed by atoms with van der Waals surface area (Å²) in [6.45, 7) is 9.21. The van der Waals surface area contributed by atoms with Crippen LogP contribution >= 0.6 is 11.3 Å². The van der Waals surface area contributed by atoms with Crippen LogP contribution in [0.15, 0.2) is 30.3 Å². The highest BCUT2D eigenvalue weighted by molar-refractivity contribution is 7.18. The van der Waals surface area contributed by atoms with Crippen molar-refractivity contribution in [2.45, 2.75) is 34.6 Å². The number of carbonyl (C=O) groups is 3. The molecule has 0 aliphatic rings. The van der Waals surface area contributed by atoms with Crippen LogP contribution in [0.25, 0.3) is 22.2 Å². The molecule has 1 N–H and O–H groups in total. The molecule has 0 saturated carbocycles. The molecule has 1 amide bonds. The van der Waals surface area contributed by atoms with E-state index in [1.807, 2.05) is 45.2 Å². The van der Waals surface area contributed by atoms with Gasteiger partial charge in [-0.1, -0.05) is 18.2 Å². The van der Waals surface area contributed by atoms with Crippen LogP contribution in [0.5, 0.6) is 0 Å². The Labute approximate surface area is 218 Å². The number of esters is 2. The lowest BCUT2D eigenvalue weighted by atomic mass is 10.0. The zero-order chi connectivity index (χ0) is 26.9. The number of anilines is 1. The summed E-state index contributed by atoms with van der Waals surface area (Å²) in [5.74, 6) is -1.62. The molecule has 0 aliphatic heterocycles. The van der Waals surface area contributed by atoms with Crippen LogP contribution in [0.3, 0.4) is 0 Å². The topological polar surface area (TPSA) is 112 Å². The highest BCUT2D eigenvalue weighted by Gasteiger charge is 2.28. The number of ether oxygens (including phenoxy) is 2. The SMILES string of the molecule is CCOC(=O)c1sc(NC(=O)c2cc(-c3c(C)nn(C)c3C)nc3ccccc23)c(C(=O)OCC)c1C. The number of nitrogens with one attached hydrogen (secondary N) is 1. The first-order chi connectivity index (χ1) is 17.7. The van der Waals surface area contributed by atoms with Crippen LogP contribution in [0, 0.1) is 20.8 Å². The van der Waals surface area contributed by atoms with Crippen molar-refractivity contribution < 1.29 is 23.9 Å². The Hall–Kier alpha value is -4.05. The van der Waals surface area contributed by atoms with Gasteiger partial charge in [0, 0.05) is 23.7 Å². The predicted molar refractivity (Wildman–Crippen MR) is 142 cm³/mol. The molecule has 192 valence electrons. The second-order valence-electron chi connectivity index (χ2n) is 8.40. The summed E-state index contributed by atoms with van der Waals surface area (Å²) in [5, 5.41) is 8.21. The number of aryl methyl sites for hydroxylation is 2. The first kappa shape index (κ1) is 26.0. The fourth-order valence-corrected chi connectivity index (χ4v) is 5.33. The van der Waals surface area contributed by atoms with Gasteiger partial charge in [-0.25, -0.2) is 14.6 Å². The van der Waals surface area contributed by atoms with Gasteiger partial charge in [0.1, 0.15) is 9.88 Å². The van der Waals surface area contributed by atoms with Crippen molar-refractivity contribution in [3.63, 3.8) is 0 Å². The van der Waals surface area contributed by atoms with Crippen molar-refractivity contribution >= 4 is 45.1 Å². The molecule has 0 radical (unpaired) electrons. The van der Waals surface area contributed by atoms with Gasteiger partial charge in [-0.2, -0.15) is 5.10 Å². The van der Waals surface area contributed by atoms with E-state index in [2.05, 4.69) is 10.4 Å². The fraction of sp³-hybridized carbons (Fsp3) is 0.296. The van der Waals surface area contributed by atoms with Crippen molar-refractivity contribution in [3.8, 4) is 11.3 Å². The molecule has 3 heterocycles. The normalized spacial score (nSPS) is 11.0. The summed E-state index contributed by atoms with van der Waals surface area (Å²) in [6.07, 6.45) is 0. The van der Waals surface area contributed by atoms with E-state index in [4.69, 9.17) is 14.5 Å². The molecule has 3 aromatic heterocycles. The summed E-state index contributed by atoms with van der Waals surface area (Å²) in [7, 11) is 1.86. The van der Waals surface area contributed by atoms with Gasteiger partial charge in [0.05, 0.1) is 41.2 Å². The zero-order valence-corrected chi connectivity index (χ0v) is 22.4. The molecule has 0 aliphatic carbocycles. The number of pyridine rings is 1. The van der Waals surface area contributed by atoms with Crippen LogP contribution in [-0.2, 0) is 16.5 Å². The number of benzene rings is 1. The zero-order valence-electron chi connectivity index (χ0n) is 21.6. The minimum atomic E-state index is -0.621. The summed E-state index contributed by atoms with van der Waals surface area (Å²) in [5.41, 5.74) is 4.75. The highest BCUT2D eigenvalue weighted by Crippen LogP contribution is 2.36. The van der Waals surface area contributed by atoms with Gasteiger partial charge in [-0.05, 0) is 52.3 Å². The van der Waals surface area contributed by atoms with Crippen molar-refractivity contribution in [3.05, 3.63) is 63.3 Å². The molecule has 0 fully saturated rings. The average Bonchev–Trinajstić information content (AvgIpc) is 3.32. The summed E-state index contributed by atoms with van der Waals surface area (Å²) >= 11 is 0.989. The standard InChI is InChI=1S/C27H28N4O5S/c1-7-35-26(33)21-14(3)23(27(34)36-8-2)37-25(21)29-24(32)18-13-20(22-15(4)30-31(6)16(22)5)28-19-12-10-9-11-17(18)19/h9-13H,7-8H2,1-6H3,(H,29,32). The largest absolute Gasteiger partial charge is 0.462 e. The van der Waals surface area contributed by atoms with Crippen LogP contribution in [0.4, 0.5) is 5.00 Å². The lowest BCUT2D eigenvalue weighted by molar-refractivity contribution is 0.0527. The van der Waals surface area contributed by atoms with Gasteiger partial charge >= 0.3 is 11.9 Å². The van der Waals surface area contributed by atoms with Gasteiger partial charge in [-0.15, -0.1) is 11.3 Å². The molecule has 0 spiro atoms. The van der Waals surface area contributed by atoms with E-state index < -0.39 is 17.8 Å². The number of thiophene rings is 1. The van der Waals surface area contributed by atoms with E-state index >= 15 is 0 Å². The summed E-state index contributed by atoms with van der Waals surface area (Å²) in [6, 6.07) is 9.08. The smallest absolute Gasteiger partial charge is 0.348 e. The minimum Gasteiger partial charge on any atom is -0.462 e.